The van der Waals surface area contributed by atoms with Crippen LogP contribution in [0.2, 0.25) is 0 Å². The molecule has 0 aliphatic heterocycles. The van der Waals surface area contributed by atoms with Gasteiger partial charge in [0.2, 0.25) is 0 Å². The summed E-state index contributed by atoms with van der Waals surface area (Å²) in [5.74, 6) is -0.611. The number of esters is 2. The summed E-state index contributed by atoms with van der Waals surface area (Å²) in [6.07, 6.45) is 6.32. The second-order valence-corrected chi connectivity index (χ2v) is 4.63. The van der Waals surface area contributed by atoms with Gasteiger partial charge in [-0.2, -0.15) is 0 Å². The van der Waals surface area contributed by atoms with Crippen molar-refractivity contribution in [2.45, 2.75) is 59.5 Å². The molecule has 0 aromatic heterocycles. The molecule has 2 unspecified atom stereocenters. The molecule has 0 saturated heterocycles. The van der Waals surface area contributed by atoms with Crippen LogP contribution in [0.5, 0.6) is 0 Å². The molecule has 0 spiro atoms. The summed E-state index contributed by atoms with van der Waals surface area (Å²) in [6.45, 7) is 7.87. The number of carbonyl (C=O) groups is 2. The third kappa shape index (κ3) is 8.41. The highest BCUT2D eigenvalue weighted by Gasteiger charge is 2.19. The zero-order valence-corrected chi connectivity index (χ0v) is 12.5. The minimum absolute atomic E-state index is 0.391. The summed E-state index contributed by atoms with van der Waals surface area (Å²) in [7, 11) is 0. The minimum Gasteiger partial charge on any atom is -0.463 e. The Bertz CT molecular complexity index is 297. The summed E-state index contributed by atoms with van der Waals surface area (Å²) in [5, 5.41) is 0. The Morgan fingerprint density at radius 2 is 1.95 bits per heavy atom. The van der Waals surface area contributed by atoms with Crippen LogP contribution in [-0.2, 0) is 19.1 Å². The molecular formula is C15H26O4. The molecule has 4 nitrogen and oxygen atoms in total. The van der Waals surface area contributed by atoms with Crippen LogP contribution in [0.1, 0.15) is 53.4 Å². The largest absolute Gasteiger partial charge is 0.463 e. The molecule has 0 aromatic carbocycles. The number of hydrogen-bond acceptors (Lipinski definition) is 4. The van der Waals surface area contributed by atoms with E-state index in [2.05, 4.69) is 13.8 Å². The highest BCUT2D eigenvalue weighted by molar-refractivity contribution is 5.85. The Morgan fingerprint density at radius 1 is 1.26 bits per heavy atom. The predicted octanol–water partition coefficient (Wildman–Crippen LogP) is 3.25. The SMILES string of the molecule is C/C=C\C(=O)OC(C)C(=O)OCC(CC)CCCC. The quantitative estimate of drug-likeness (QED) is 0.476. The molecule has 0 fully saturated rings. The van der Waals surface area contributed by atoms with Crippen LogP contribution in [0.15, 0.2) is 12.2 Å². The maximum atomic E-state index is 11.7. The van der Waals surface area contributed by atoms with Gasteiger partial charge in [0.1, 0.15) is 0 Å². The number of rotatable bonds is 9. The number of ether oxygens (including phenoxy) is 2. The Kier molecular flexibility index (Phi) is 9.85. The lowest BCUT2D eigenvalue weighted by Crippen LogP contribution is -2.27. The Balaban J connectivity index is 4.03. The molecule has 0 N–H and O–H groups in total. The van der Waals surface area contributed by atoms with Gasteiger partial charge < -0.3 is 9.47 Å². The van der Waals surface area contributed by atoms with Gasteiger partial charge in [-0.25, -0.2) is 9.59 Å². The van der Waals surface area contributed by atoms with Crippen LogP contribution in [-0.4, -0.2) is 24.6 Å². The van der Waals surface area contributed by atoms with E-state index in [0.29, 0.717) is 12.5 Å². The molecule has 0 heterocycles. The van der Waals surface area contributed by atoms with Crippen molar-refractivity contribution in [3.63, 3.8) is 0 Å². The van der Waals surface area contributed by atoms with E-state index in [1.54, 1.807) is 13.0 Å². The summed E-state index contributed by atoms with van der Waals surface area (Å²) in [4.78, 5) is 22.8. The van der Waals surface area contributed by atoms with Crippen LogP contribution in [0.25, 0.3) is 0 Å². The molecule has 0 aliphatic rings. The number of unbranched alkanes of at least 4 members (excludes halogenated alkanes) is 1. The summed E-state index contributed by atoms with van der Waals surface area (Å²) < 4.78 is 10.1. The number of hydrogen-bond donors (Lipinski definition) is 0. The lowest BCUT2D eigenvalue weighted by Gasteiger charge is -2.16. The van der Waals surface area contributed by atoms with E-state index < -0.39 is 18.0 Å². The van der Waals surface area contributed by atoms with Crippen molar-refractivity contribution in [1.82, 2.24) is 0 Å². The Morgan fingerprint density at radius 3 is 2.47 bits per heavy atom. The van der Waals surface area contributed by atoms with Crippen molar-refractivity contribution in [1.29, 1.82) is 0 Å². The van der Waals surface area contributed by atoms with Crippen LogP contribution in [0.4, 0.5) is 0 Å². The van der Waals surface area contributed by atoms with Gasteiger partial charge in [0.25, 0.3) is 0 Å². The van der Waals surface area contributed by atoms with Gasteiger partial charge in [-0.15, -0.1) is 0 Å². The molecule has 0 rings (SSSR count). The first kappa shape index (κ1) is 17.7. The van der Waals surface area contributed by atoms with Gasteiger partial charge in [0.05, 0.1) is 6.61 Å². The maximum Gasteiger partial charge on any atom is 0.347 e. The second kappa shape index (κ2) is 10.6. The highest BCUT2D eigenvalue weighted by atomic mass is 16.6. The smallest absolute Gasteiger partial charge is 0.347 e. The van der Waals surface area contributed by atoms with E-state index in [1.165, 1.54) is 13.0 Å². The van der Waals surface area contributed by atoms with Crippen molar-refractivity contribution in [3.8, 4) is 0 Å². The van der Waals surface area contributed by atoms with E-state index in [9.17, 15) is 9.59 Å². The Labute approximate surface area is 116 Å². The number of carbonyl (C=O) groups excluding carboxylic acids is 2. The predicted molar refractivity (Wildman–Crippen MR) is 74.6 cm³/mol. The fraction of sp³-hybridized carbons (Fsp3) is 0.733. The molecule has 4 heteroatoms. The van der Waals surface area contributed by atoms with Crippen molar-refractivity contribution in [2.75, 3.05) is 6.61 Å². The normalized spacial score (nSPS) is 14.1. The van der Waals surface area contributed by atoms with Gasteiger partial charge in [0, 0.05) is 6.08 Å². The monoisotopic (exact) mass is 270 g/mol. The van der Waals surface area contributed by atoms with E-state index in [-0.39, 0.29) is 0 Å². The molecule has 19 heavy (non-hydrogen) atoms. The van der Waals surface area contributed by atoms with Gasteiger partial charge >= 0.3 is 11.9 Å². The van der Waals surface area contributed by atoms with Crippen molar-refractivity contribution >= 4 is 11.9 Å². The molecular weight excluding hydrogens is 244 g/mol. The zero-order chi connectivity index (χ0) is 14.7. The molecule has 0 aromatic rings. The lowest BCUT2D eigenvalue weighted by molar-refractivity contribution is -0.164. The van der Waals surface area contributed by atoms with Crippen LogP contribution < -0.4 is 0 Å². The fourth-order valence-electron chi connectivity index (χ4n) is 1.61. The van der Waals surface area contributed by atoms with E-state index in [0.717, 1.165) is 25.7 Å². The molecule has 2 atom stereocenters. The molecule has 110 valence electrons. The zero-order valence-electron chi connectivity index (χ0n) is 12.5. The molecule has 0 saturated carbocycles. The van der Waals surface area contributed by atoms with Crippen LogP contribution in [0.3, 0.4) is 0 Å². The molecule has 0 aliphatic carbocycles. The minimum atomic E-state index is -0.854. The second-order valence-electron chi connectivity index (χ2n) is 4.63. The highest BCUT2D eigenvalue weighted by Crippen LogP contribution is 2.13. The standard InChI is InChI=1S/C15H26O4/c1-5-8-10-13(7-3)11-18-15(17)12(4)19-14(16)9-6-2/h6,9,12-13H,5,7-8,10-11H2,1-4H3/b9-6-. The van der Waals surface area contributed by atoms with Crippen molar-refractivity contribution in [3.05, 3.63) is 12.2 Å². The Hall–Kier alpha value is -1.32. The van der Waals surface area contributed by atoms with Gasteiger partial charge in [-0.05, 0) is 26.2 Å². The third-order valence-electron chi connectivity index (χ3n) is 2.93. The first-order chi connectivity index (χ1) is 9.04. The first-order valence-corrected chi connectivity index (χ1v) is 7.05. The molecule has 0 radical (unpaired) electrons. The average molecular weight is 270 g/mol. The number of allylic oxidation sites excluding steroid dienone is 1. The summed E-state index contributed by atoms with van der Waals surface area (Å²) in [6, 6.07) is 0. The first-order valence-electron chi connectivity index (χ1n) is 7.05. The van der Waals surface area contributed by atoms with E-state index in [4.69, 9.17) is 9.47 Å². The lowest BCUT2D eigenvalue weighted by atomic mass is 10.0. The maximum absolute atomic E-state index is 11.7. The fourth-order valence-corrected chi connectivity index (χ4v) is 1.61. The topological polar surface area (TPSA) is 52.6 Å². The third-order valence-corrected chi connectivity index (χ3v) is 2.93. The van der Waals surface area contributed by atoms with Crippen LogP contribution in [0, 0.1) is 5.92 Å². The van der Waals surface area contributed by atoms with E-state index >= 15 is 0 Å². The summed E-state index contributed by atoms with van der Waals surface area (Å²) >= 11 is 0. The van der Waals surface area contributed by atoms with Gasteiger partial charge in [0.15, 0.2) is 6.10 Å². The van der Waals surface area contributed by atoms with Gasteiger partial charge in [-0.3, -0.25) is 0 Å². The van der Waals surface area contributed by atoms with Crippen molar-refractivity contribution < 1.29 is 19.1 Å². The molecule has 0 bridgehead atoms. The van der Waals surface area contributed by atoms with Crippen LogP contribution >= 0.6 is 0 Å². The molecule has 0 amide bonds. The van der Waals surface area contributed by atoms with E-state index in [1.807, 2.05) is 0 Å². The summed E-state index contributed by atoms with van der Waals surface area (Å²) in [5.41, 5.74) is 0. The average Bonchev–Trinajstić information content (AvgIpc) is 2.38. The van der Waals surface area contributed by atoms with Crippen molar-refractivity contribution in [2.24, 2.45) is 5.92 Å². The van der Waals surface area contributed by atoms with Gasteiger partial charge in [-0.1, -0.05) is 39.2 Å².